The van der Waals surface area contributed by atoms with Gasteiger partial charge in [0, 0.05) is 27.8 Å². The van der Waals surface area contributed by atoms with Gasteiger partial charge in [0.05, 0.1) is 5.70 Å². The molecule has 5 nitrogen and oxygen atoms in total. The van der Waals surface area contributed by atoms with Crippen LogP contribution in [-0.2, 0) is 0 Å². The van der Waals surface area contributed by atoms with E-state index in [1.165, 1.54) is 0 Å². The van der Waals surface area contributed by atoms with E-state index >= 15 is 0 Å². The Labute approximate surface area is 327 Å². The Hall–Kier alpha value is -7.81. The molecule has 264 valence electrons. The fourth-order valence-electron chi connectivity index (χ4n) is 6.28. The third kappa shape index (κ3) is 8.06. The summed E-state index contributed by atoms with van der Waals surface area (Å²) in [6.07, 6.45) is 5.95. The maximum absolute atomic E-state index is 5.95. The molecule has 5 heteroatoms. The summed E-state index contributed by atoms with van der Waals surface area (Å²) in [5.41, 5.74) is 10.8. The van der Waals surface area contributed by atoms with Gasteiger partial charge >= 0.3 is 0 Å². The number of benzene rings is 7. The predicted octanol–water partition coefficient (Wildman–Crippen LogP) is 11.7. The van der Waals surface area contributed by atoms with E-state index in [2.05, 4.69) is 73.2 Å². The zero-order valence-corrected chi connectivity index (χ0v) is 30.5. The molecule has 56 heavy (non-hydrogen) atoms. The van der Waals surface area contributed by atoms with Crippen molar-refractivity contribution in [1.29, 1.82) is 0 Å². The highest BCUT2D eigenvalue weighted by atomic mass is 15.0. The Morgan fingerprint density at radius 1 is 0.375 bits per heavy atom. The Morgan fingerprint density at radius 3 is 1.12 bits per heavy atom. The highest BCUT2D eigenvalue weighted by molar-refractivity contribution is 6.20. The average Bonchev–Trinajstić information content (AvgIpc) is 3.29. The minimum Gasteiger partial charge on any atom is -0.229 e. The van der Waals surface area contributed by atoms with Crippen molar-refractivity contribution in [3.8, 4) is 68.8 Å². The summed E-state index contributed by atoms with van der Waals surface area (Å²) in [5.74, 6) is 5.14. The summed E-state index contributed by atoms with van der Waals surface area (Å²) in [6.45, 7) is 4.23. The van der Waals surface area contributed by atoms with E-state index in [-0.39, 0.29) is 0 Å². The lowest BCUT2D eigenvalue weighted by Gasteiger charge is -2.10. The van der Waals surface area contributed by atoms with Crippen LogP contribution in [0, 0.1) is 12.3 Å². The first-order valence-electron chi connectivity index (χ1n) is 18.2. The average molecular weight is 718 g/mol. The van der Waals surface area contributed by atoms with Gasteiger partial charge < -0.3 is 0 Å². The van der Waals surface area contributed by atoms with E-state index in [1.54, 1.807) is 0 Å². The summed E-state index contributed by atoms with van der Waals surface area (Å²) in [5, 5.41) is 0. The highest BCUT2D eigenvalue weighted by Crippen LogP contribution is 2.29. The molecule has 0 fully saturated rings. The van der Waals surface area contributed by atoms with E-state index in [0.717, 1.165) is 55.6 Å². The van der Waals surface area contributed by atoms with Gasteiger partial charge in [0.1, 0.15) is 5.71 Å². The van der Waals surface area contributed by atoms with E-state index < -0.39 is 0 Å². The fraction of sp³-hybridized carbons (Fsp3) is 0. The molecule has 7 aromatic carbocycles. The molecular weight excluding hydrogens is 683 g/mol. The molecule has 0 bridgehead atoms. The monoisotopic (exact) mass is 717 g/mol. The van der Waals surface area contributed by atoms with Gasteiger partial charge in [-0.05, 0) is 33.7 Å². The first-order chi connectivity index (χ1) is 27.6. The van der Waals surface area contributed by atoms with E-state index in [4.69, 9.17) is 31.4 Å². The SMILES string of the molecule is C#CC(=NC(=NC(=C)c1ccccc1)c1ccc(-c2ccc(-c3ccc(-c4nc(-c5ccccc5)nc(-c5ccccc5)n4)cc3)cc2)cc1)c1ccccc1. The van der Waals surface area contributed by atoms with Crippen LogP contribution < -0.4 is 0 Å². The molecule has 0 unspecified atom stereocenters. The maximum atomic E-state index is 5.95. The number of rotatable bonds is 9. The number of hydrogen-bond acceptors (Lipinski definition) is 4. The van der Waals surface area contributed by atoms with Crippen LogP contribution in [0.4, 0.5) is 0 Å². The lowest BCUT2D eigenvalue weighted by atomic mass is 9.98. The molecule has 8 aromatic rings. The lowest BCUT2D eigenvalue weighted by molar-refractivity contribution is 1.07. The molecule has 0 amide bonds. The Bertz CT molecular complexity index is 2640. The maximum Gasteiger partial charge on any atom is 0.164 e. The molecule has 1 aromatic heterocycles. The van der Waals surface area contributed by atoms with Crippen molar-refractivity contribution in [3.63, 3.8) is 0 Å². The molecule has 0 radical (unpaired) electrons. The van der Waals surface area contributed by atoms with Crippen LogP contribution in [0.2, 0.25) is 0 Å². The van der Waals surface area contributed by atoms with Crippen molar-refractivity contribution in [1.82, 2.24) is 15.0 Å². The summed E-state index contributed by atoms with van der Waals surface area (Å²) in [7, 11) is 0. The molecule has 0 aliphatic rings. The van der Waals surface area contributed by atoms with Crippen LogP contribution in [0.15, 0.2) is 211 Å². The third-order valence-electron chi connectivity index (χ3n) is 9.29. The Kier molecular flexibility index (Phi) is 10.4. The highest BCUT2D eigenvalue weighted by Gasteiger charge is 2.13. The minimum absolute atomic E-state index is 0.491. The molecule has 0 saturated heterocycles. The predicted molar refractivity (Wildman–Crippen MR) is 231 cm³/mol. The lowest BCUT2D eigenvalue weighted by Crippen LogP contribution is -2.05. The quantitative estimate of drug-likeness (QED) is 0.0848. The molecule has 0 aliphatic heterocycles. The number of nitrogens with zero attached hydrogens (tertiary/aromatic N) is 5. The van der Waals surface area contributed by atoms with Crippen LogP contribution in [0.25, 0.3) is 62.1 Å². The second kappa shape index (κ2) is 16.5. The number of hydrogen-bond donors (Lipinski definition) is 0. The van der Waals surface area contributed by atoms with Crippen molar-refractivity contribution in [2.24, 2.45) is 9.98 Å². The number of aromatic nitrogens is 3. The minimum atomic E-state index is 0.491. The van der Waals surface area contributed by atoms with Gasteiger partial charge in [-0.1, -0.05) is 201 Å². The Balaban J connectivity index is 1.05. The zero-order valence-electron chi connectivity index (χ0n) is 30.5. The van der Waals surface area contributed by atoms with E-state index in [0.29, 0.717) is 34.7 Å². The van der Waals surface area contributed by atoms with Gasteiger partial charge in [-0.25, -0.2) is 24.9 Å². The molecule has 0 aliphatic carbocycles. The van der Waals surface area contributed by atoms with Gasteiger partial charge in [-0.2, -0.15) is 0 Å². The number of aliphatic imine (C=N–C) groups is 2. The van der Waals surface area contributed by atoms with Gasteiger partial charge in [-0.15, -0.1) is 6.42 Å². The second-order valence-electron chi connectivity index (χ2n) is 13.0. The summed E-state index contributed by atoms with van der Waals surface area (Å²) >= 11 is 0. The van der Waals surface area contributed by atoms with Crippen molar-refractivity contribution < 1.29 is 0 Å². The normalized spacial score (nSPS) is 11.5. The van der Waals surface area contributed by atoms with Crippen LogP contribution in [0.5, 0.6) is 0 Å². The molecular formula is C51H35N5. The molecule has 0 N–H and O–H groups in total. The van der Waals surface area contributed by atoms with Crippen LogP contribution >= 0.6 is 0 Å². The van der Waals surface area contributed by atoms with Crippen LogP contribution in [0.3, 0.4) is 0 Å². The molecule has 0 saturated carbocycles. The summed E-state index contributed by atoms with van der Waals surface area (Å²) in [4.78, 5) is 24.3. The smallest absolute Gasteiger partial charge is 0.164 e. The van der Waals surface area contributed by atoms with Gasteiger partial charge in [0.2, 0.25) is 0 Å². The van der Waals surface area contributed by atoms with Crippen LogP contribution in [0.1, 0.15) is 16.7 Å². The number of amidine groups is 1. The molecule has 8 rings (SSSR count). The molecule has 0 atom stereocenters. The largest absolute Gasteiger partial charge is 0.229 e. The zero-order chi connectivity index (χ0) is 38.1. The summed E-state index contributed by atoms with van der Waals surface area (Å²) in [6, 6.07) is 64.7. The first-order valence-corrected chi connectivity index (χ1v) is 18.2. The van der Waals surface area contributed by atoms with Gasteiger partial charge in [0.25, 0.3) is 0 Å². The Morgan fingerprint density at radius 2 is 0.714 bits per heavy atom. The van der Waals surface area contributed by atoms with Crippen molar-refractivity contribution in [2.45, 2.75) is 0 Å². The van der Waals surface area contributed by atoms with E-state index in [9.17, 15) is 0 Å². The van der Waals surface area contributed by atoms with Crippen molar-refractivity contribution in [3.05, 3.63) is 217 Å². The van der Waals surface area contributed by atoms with Crippen LogP contribution in [-0.4, -0.2) is 26.5 Å². The van der Waals surface area contributed by atoms with E-state index in [1.807, 2.05) is 133 Å². The first kappa shape index (κ1) is 35.2. The fourth-order valence-corrected chi connectivity index (χ4v) is 6.28. The van der Waals surface area contributed by atoms with Gasteiger partial charge in [-0.3, -0.25) is 0 Å². The van der Waals surface area contributed by atoms with Crippen molar-refractivity contribution in [2.75, 3.05) is 0 Å². The topological polar surface area (TPSA) is 63.4 Å². The second-order valence-corrected chi connectivity index (χ2v) is 13.0. The molecule has 1 heterocycles. The third-order valence-corrected chi connectivity index (χ3v) is 9.29. The standard InChI is InChI=1S/C51H35N5/c1-3-47(42-18-10-5-11-19-42)53-48(52-36(2)37-16-8-4-9-17-37)45-32-28-40(29-33-45)38-24-26-39(27-25-38)41-30-34-46(35-31-41)51-55-49(43-20-12-6-13-21-43)54-50(56-51)44-22-14-7-15-23-44/h1,4-35H,2H2. The van der Waals surface area contributed by atoms with Crippen molar-refractivity contribution >= 4 is 17.2 Å². The van der Waals surface area contributed by atoms with Gasteiger partial charge in [0.15, 0.2) is 23.3 Å². The molecule has 0 spiro atoms. The number of terminal acetylenes is 1. The summed E-state index contributed by atoms with van der Waals surface area (Å²) < 4.78 is 0.